The van der Waals surface area contributed by atoms with Crippen molar-refractivity contribution in [3.8, 4) is 0 Å². The van der Waals surface area contributed by atoms with Gasteiger partial charge in [-0.1, -0.05) is 37.6 Å². The minimum absolute atomic E-state index is 0.215. The minimum Gasteiger partial charge on any atom is -0.299 e. The van der Waals surface area contributed by atoms with Gasteiger partial charge in [0.25, 0.3) is 0 Å². The maximum atomic E-state index is 11.6. The zero-order valence-corrected chi connectivity index (χ0v) is 12.6. The van der Waals surface area contributed by atoms with Crippen LogP contribution >= 0.6 is 11.6 Å². The standard InChI is InChI=1S/C15H22ClNO/c1-11(13-7-6-8-14(16)9-13)17(5)10-15(3,4)12(2)18/h6-9,11H,10H2,1-5H3. The van der Waals surface area contributed by atoms with Gasteiger partial charge >= 0.3 is 0 Å². The molecule has 1 aromatic rings. The predicted molar refractivity (Wildman–Crippen MR) is 77.0 cm³/mol. The van der Waals surface area contributed by atoms with Crippen molar-refractivity contribution in [2.24, 2.45) is 5.41 Å². The van der Waals surface area contributed by atoms with Crippen molar-refractivity contribution in [2.75, 3.05) is 13.6 Å². The van der Waals surface area contributed by atoms with Gasteiger partial charge in [-0.15, -0.1) is 0 Å². The lowest BCUT2D eigenvalue weighted by molar-refractivity contribution is -0.125. The van der Waals surface area contributed by atoms with Gasteiger partial charge in [0.1, 0.15) is 5.78 Å². The van der Waals surface area contributed by atoms with Crippen molar-refractivity contribution in [1.82, 2.24) is 4.90 Å². The molecule has 0 radical (unpaired) electrons. The molecule has 0 heterocycles. The van der Waals surface area contributed by atoms with Crippen LogP contribution < -0.4 is 0 Å². The molecule has 0 N–H and O–H groups in total. The third-order valence-electron chi connectivity index (χ3n) is 3.59. The van der Waals surface area contributed by atoms with Gasteiger partial charge < -0.3 is 0 Å². The number of carbonyl (C=O) groups excluding carboxylic acids is 1. The summed E-state index contributed by atoms with van der Waals surface area (Å²) in [7, 11) is 2.04. The van der Waals surface area contributed by atoms with Crippen LogP contribution in [0.1, 0.15) is 39.3 Å². The summed E-state index contributed by atoms with van der Waals surface area (Å²) in [6, 6.07) is 8.11. The summed E-state index contributed by atoms with van der Waals surface area (Å²) in [5.74, 6) is 0.215. The van der Waals surface area contributed by atoms with Gasteiger partial charge in [-0.05, 0) is 38.6 Å². The van der Waals surface area contributed by atoms with Crippen molar-refractivity contribution in [1.29, 1.82) is 0 Å². The Kier molecular flexibility index (Phi) is 4.94. The molecule has 0 bridgehead atoms. The van der Waals surface area contributed by atoms with Crippen molar-refractivity contribution in [3.05, 3.63) is 34.9 Å². The van der Waals surface area contributed by atoms with Gasteiger partial charge in [-0.2, -0.15) is 0 Å². The molecule has 0 aliphatic heterocycles. The van der Waals surface area contributed by atoms with Crippen LogP contribution in [0.15, 0.2) is 24.3 Å². The normalized spacial score (nSPS) is 13.7. The van der Waals surface area contributed by atoms with Gasteiger partial charge in [0.2, 0.25) is 0 Å². The summed E-state index contributed by atoms with van der Waals surface area (Å²) in [4.78, 5) is 13.8. The smallest absolute Gasteiger partial charge is 0.136 e. The average Bonchev–Trinajstić information content (AvgIpc) is 2.27. The number of benzene rings is 1. The Morgan fingerprint density at radius 1 is 1.44 bits per heavy atom. The SMILES string of the molecule is CC(=O)C(C)(C)CN(C)C(C)c1cccc(Cl)c1. The molecule has 100 valence electrons. The van der Waals surface area contributed by atoms with Crippen LogP contribution in [0.2, 0.25) is 5.02 Å². The molecule has 0 fully saturated rings. The second-order valence-corrected chi connectivity index (χ2v) is 6.02. The summed E-state index contributed by atoms with van der Waals surface area (Å²) < 4.78 is 0. The molecule has 1 aromatic carbocycles. The van der Waals surface area contributed by atoms with Crippen LogP contribution in [0, 0.1) is 5.41 Å². The molecule has 1 atom stereocenters. The molecule has 0 saturated heterocycles. The Hall–Kier alpha value is -0.860. The first-order valence-electron chi connectivity index (χ1n) is 6.21. The maximum Gasteiger partial charge on any atom is 0.136 e. The summed E-state index contributed by atoms with van der Waals surface area (Å²) in [6.45, 7) is 8.48. The second kappa shape index (κ2) is 5.85. The Morgan fingerprint density at radius 2 is 2.06 bits per heavy atom. The quantitative estimate of drug-likeness (QED) is 0.805. The van der Waals surface area contributed by atoms with Gasteiger partial charge in [-0.3, -0.25) is 9.69 Å². The van der Waals surface area contributed by atoms with Crippen LogP contribution in [-0.4, -0.2) is 24.3 Å². The maximum absolute atomic E-state index is 11.6. The van der Waals surface area contributed by atoms with E-state index in [9.17, 15) is 4.79 Å². The van der Waals surface area contributed by atoms with Gasteiger partial charge in [-0.25, -0.2) is 0 Å². The fourth-order valence-corrected chi connectivity index (χ4v) is 2.09. The second-order valence-electron chi connectivity index (χ2n) is 5.59. The summed E-state index contributed by atoms with van der Waals surface area (Å²) >= 11 is 6.00. The third-order valence-corrected chi connectivity index (χ3v) is 3.83. The van der Waals surface area contributed by atoms with Gasteiger partial charge in [0.15, 0.2) is 0 Å². The van der Waals surface area contributed by atoms with Crippen LogP contribution in [-0.2, 0) is 4.79 Å². The predicted octanol–water partition coefficient (Wildman–Crippen LogP) is 3.95. The van der Waals surface area contributed by atoms with Crippen LogP contribution in [0.3, 0.4) is 0 Å². The Balaban J connectivity index is 2.79. The van der Waals surface area contributed by atoms with E-state index in [0.29, 0.717) is 0 Å². The van der Waals surface area contributed by atoms with E-state index in [0.717, 1.165) is 11.6 Å². The molecule has 1 rings (SSSR count). The van der Waals surface area contributed by atoms with E-state index < -0.39 is 0 Å². The lowest BCUT2D eigenvalue weighted by atomic mass is 9.88. The van der Waals surface area contributed by atoms with Crippen LogP contribution in [0.25, 0.3) is 0 Å². The fourth-order valence-electron chi connectivity index (χ4n) is 1.89. The molecule has 3 heteroatoms. The fraction of sp³-hybridized carbons (Fsp3) is 0.533. The minimum atomic E-state index is -0.318. The molecular formula is C15H22ClNO. The summed E-state index contributed by atoms with van der Waals surface area (Å²) in [6.07, 6.45) is 0. The molecular weight excluding hydrogens is 246 g/mol. The van der Waals surface area contributed by atoms with E-state index in [1.54, 1.807) is 6.92 Å². The largest absolute Gasteiger partial charge is 0.299 e. The van der Waals surface area contributed by atoms with Crippen molar-refractivity contribution < 1.29 is 4.79 Å². The monoisotopic (exact) mass is 267 g/mol. The first-order chi connectivity index (χ1) is 8.24. The zero-order valence-electron chi connectivity index (χ0n) is 11.8. The summed E-state index contributed by atoms with van der Waals surface area (Å²) in [5, 5.41) is 0.749. The number of halogens is 1. The Morgan fingerprint density at radius 3 is 2.56 bits per heavy atom. The molecule has 0 aromatic heterocycles. The number of nitrogens with zero attached hydrogens (tertiary/aromatic N) is 1. The highest BCUT2D eigenvalue weighted by molar-refractivity contribution is 6.30. The Labute approximate surface area is 115 Å². The van der Waals surface area contributed by atoms with Gasteiger partial charge in [0, 0.05) is 23.0 Å². The van der Waals surface area contributed by atoms with Gasteiger partial charge in [0.05, 0.1) is 0 Å². The highest BCUT2D eigenvalue weighted by atomic mass is 35.5. The van der Waals surface area contributed by atoms with E-state index in [1.807, 2.05) is 39.1 Å². The molecule has 0 aliphatic rings. The molecule has 0 saturated carbocycles. The number of ketones is 1. The van der Waals surface area contributed by atoms with Crippen LogP contribution in [0.4, 0.5) is 0 Å². The van der Waals surface area contributed by atoms with E-state index in [2.05, 4.69) is 17.9 Å². The molecule has 0 spiro atoms. The molecule has 18 heavy (non-hydrogen) atoms. The lowest BCUT2D eigenvalue weighted by Gasteiger charge is -2.32. The first-order valence-corrected chi connectivity index (χ1v) is 6.58. The van der Waals surface area contributed by atoms with E-state index >= 15 is 0 Å². The summed E-state index contributed by atoms with van der Waals surface area (Å²) in [5.41, 5.74) is 0.853. The van der Waals surface area contributed by atoms with Crippen molar-refractivity contribution in [3.63, 3.8) is 0 Å². The molecule has 0 amide bonds. The molecule has 2 nitrogen and oxygen atoms in total. The number of rotatable bonds is 5. The molecule has 0 aliphatic carbocycles. The number of hydrogen-bond donors (Lipinski definition) is 0. The average molecular weight is 268 g/mol. The van der Waals surface area contributed by atoms with Crippen LogP contribution in [0.5, 0.6) is 0 Å². The third kappa shape index (κ3) is 3.82. The highest BCUT2D eigenvalue weighted by Crippen LogP contribution is 2.26. The Bertz CT molecular complexity index is 428. The first kappa shape index (κ1) is 15.2. The zero-order chi connectivity index (χ0) is 13.9. The number of hydrogen-bond acceptors (Lipinski definition) is 2. The number of Topliss-reactive ketones (excluding diaryl/α,β-unsaturated/α-hetero) is 1. The van der Waals surface area contributed by atoms with E-state index in [1.165, 1.54) is 5.56 Å². The lowest BCUT2D eigenvalue weighted by Crippen LogP contribution is -2.37. The number of carbonyl (C=O) groups is 1. The van der Waals surface area contributed by atoms with Crippen molar-refractivity contribution in [2.45, 2.75) is 33.7 Å². The van der Waals surface area contributed by atoms with Crippen molar-refractivity contribution >= 4 is 17.4 Å². The molecule has 1 unspecified atom stereocenters. The van der Waals surface area contributed by atoms with E-state index in [-0.39, 0.29) is 17.2 Å². The van der Waals surface area contributed by atoms with E-state index in [4.69, 9.17) is 11.6 Å². The highest BCUT2D eigenvalue weighted by Gasteiger charge is 2.27. The topological polar surface area (TPSA) is 20.3 Å².